The van der Waals surface area contributed by atoms with Crippen LogP contribution in [0.1, 0.15) is 40.5 Å². The highest BCUT2D eigenvalue weighted by Gasteiger charge is 2.28. The Bertz CT molecular complexity index is 218. The predicted molar refractivity (Wildman–Crippen MR) is 73.2 cm³/mol. The van der Waals surface area contributed by atoms with Crippen molar-refractivity contribution in [2.24, 2.45) is 11.3 Å². The van der Waals surface area contributed by atoms with Gasteiger partial charge in [-0.3, -0.25) is 0 Å². The molecule has 1 rings (SSSR count). The van der Waals surface area contributed by atoms with Crippen LogP contribution in [-0.4, -0.2) is 48.8 Å². The number of aliphatic hydroxyl groups is 1. The van der Waals surface area contributed by atoms with Crippen LogP contribution in [0.15, 0.2) is 0 Å². The van der Waals surface area contributed by atoms with E-state index in [0.717, 1.165) is 39.1 Å². The second-order valence-electron chi connectivity index (χ2n) is 6.41. The van der Waals surface area contributed by atoms with Crippen LogP contribution in [0.5, 0.6) is 0 Å². The Labute approximate surface area is 107 Å². The Morgan fingerprint density at radius 3 is 2.71 bits per heavy atom. The number of rotatable bonds is 6. The summed E-state index contributed by atoms with van der Waals surface area (Å²) in [6.07, 6.45) is 2.04. The minimum atomic E-state index is -0.0902. The van der Waals surface area contributed by atoms with Crippen molar-refractivity contribution in [2.45, 2.75) is 46.6 Å². The van der Waals surface area contributed by atoms with Crippen molar-refractivity contribution in [1.29, 1.82) is 0 Å². The van der Waals surface area contributed by atoms with Crippen LogP contribution in [0.4, 0.5) is 0 Å². The van der Waals surface area contributed by atoms with Gasteiger partial charge in [0.1, 0.15) is 0 Å². The van der Waals surface area contributed by atoms with E-state index in [-0.39, 0.29) is 6.10 Å². The molecular weight excluding hydrogens is 212 g/mol. The normalized spacial score (nSPS) is 27.4. The molecule has 1 aliphatic heterocycles. The fourth-order valence-electron chi connectivity index (χ4n) is 2.63. The first-order chi connectivity index (χ1) is 7.94. The van der Waals surface area contributed by atoms with E-state index < -0.39 is 0 Å². The molecule has 0 bridgehead atoms. The lowest BCUT2D eigenvalue weighted by molar-refractivity contribution is 0.0210. The monoisotopic (exact) mass is 242 g/mol. The average Bonchev–Trinajstić information content (AvgIpc) is 2.23. The van der Waals surface area contributed by atoms with Gasteiger partial charge in [0, 0.05) is 26.2 Å². The molecule has 17 heavy (non-hydrogen) atoms. The van der Waals surface area contributed by atoms with E-state index in [1.807, 2.05) is 0 Å². The number of likely N-dealkylation sites (tertiary alicyclic amines) is 1. The van der Waals surface area contributed by atoms with Gasteiger partial charge in [0.05, 0.1) is 6.10 Å². The van der Waals surface area contributed by atoms with Gasteiger partial charge in [-0.1, -0.05) is 27.7 Å². The Hall–Kier alpha value is -0.120. The van der Waals surface area contributed by atoms with E-state index in [0.29, 0.717) is 11.3 Å². The van der Waals surface area contributed by atoms with Crippen molar-refractivity contribution in [3.8, 4) is 0 Å². The van der Waals surface area contributed by atoms with Gasteiger partial charge in [0.2, 0.25) is 0 Å². The zero-order chi connectivity index (χ0) is 12.9. The molecule has 3 nitrogen and oxygen atoms in total. The first-order valence-corrected chi connectivity index (χ1v) is 7.06. The number of piperidine rings is 1. The number of hydrogen-bond acceptors (Lipinski definition) is 3. The maximum atomic E-state index is 9.73. The molecule has 2 atom stereocenters. The molecule has 1 saturated heterocycles. The second-order valence-corrected chi connectivity index (χ2v) is 6.41. The summed E-state index contributed by atoms with van der Waals surface area (Å²) in [6.45, 7) is 14.4. The summed E-state index contributed by atoms with van der Waals surface area (Å²) < 4.78 is 0. The van der Waals surface area contributed by atoms with Crippen LogP contribution in [0.25, 0.3) is 0 Å². The third-order valence-electron chi connectivity index (χ3n) is 3.63. The highest BCUT2D eigenvalue weighted by Crippen LogP contribution is 2.22. The third kappa shape index (κ3) is 5.36. The first-order valence-electron chi connectivity index (χ1n) is 7.06. The molecule has 0 aromatic heterocycles. The van der Waals surface area contributed by atoms with Crippen LogP contribution < -0.4 is 5.32 Å². The minimum absolute atomic E-state index is 0.0902. The molecule has 3 heteroatoms. The molecule has 0 spiro atoms. The molecule has 0 aromatic rings. The molecule has 0 radical (unpaired) electrons. The van der Waals surface area contributed by atoms with Gasteiger partial charge < -0.3 is 15.3 Å². The fourth-order valence-corrected chi connectivity index (χ4v) is 2.63. The molecule has 1 heterocycles. The van der Waals surface area contributed by atoms with Crippen molar-refractivity contribution in [2.75, 3.05) is 32.7 Å². The highest BCUT2D eigenvalue weighted by molar-refractivity contribution is 4.82. The molecule has 2 unspecified atom stereocenters. The summed E-state index contributed by atoms with van der Waals surface area (Å²) >= 11 is 0. The van der Waals surface area contributed by atoms with Crippen molar-refractivity contribution < 1.29 is 5.11 Å². The van der Waals surface area contributed by atoms with E-state index in [4.69, 9.17) is 0 Å². The molecule has 1 fully saturated rings. The molecule has 0 amide bonds. The zero-order valence-electron chi connectivity index (χ0n) is 12.0. The van der Waals surface area contributed by atoms with E-state index in [1.165, 1.54) is 6.42 Å². The Morgan fingerprint density at radius 2 is 2.12 bits per heavy atom. The standard InChI is InChI=1S/C14H30N2O/c1-5-7-15-10-14(3,4)11-16-8-6-13(17)12(2)9-16/h12-13,15,17H,5-11H2,1-4H3. The Kier molecular flexibility index (Phi) is 5.90. The summed E-state index contributed by atoms with van der Waals surface area (Å²) in [5.41, 5.74) is 0.317. The number of hydrogen-bond donors (Lipinski definition) is 2. The van der Waals surface area contributed by atoms with Crippen molar-refractivity contribution in [1.82, 2.24) is 10.2 Å². The molecule has 0 aromatic carbocycles. The zero-order valence-corrected chi connectivity index (χ0v) is 12.0. The number of aliphatic hydroxyl groups excluding tert-OH is 1. The fraction of sp³-hybridized carbons (Fsp3) is 1.00. The lowest BCUT2D eigenvalue weighted by atomic mass is 9.89. The van der Waals surface area contributed by atoms with Crippen LogP contribution in [0.3, 0.4) is 0 Å². The summed E-state index contributed by atoms with van der Waals surface area (Å²) in [7, 11) is 0. The minimum Gasteiger partial charge on any atom is -0.393 e. The van der Waals surface area contributed by atoms with E-state index in [9.17, 15) is 5.11 Å². The molecule has 2 N–H and O–H groups in total. The summed E-state index contributed by atoms with van der Waals surface area (Å²) in [4.78, 5) is 2.50. The quantitative estimate of drug-likeness (QED) is 0.696. The van der Waals surface area contributed by atoms with Gasteiger partial charge >= 0.3 is 0 Å². The van der Waals surface area contributed by atoms with Crippen LogP contribution >= 0.6 is 0 Å². The first kappa shape index (κ1) is 14.9. The van der Waals surface area contributed by atoms with Gasteiger partial charge in [0.25, 0.3) is 0 Å². The second kappa shape index (κ2) is 6.72. The largest absolute Gasteiger partial charge is 0.393 e. The van der Waals surface area contributed by atoms with E-state index in [2.05, 4.69) is 37.9 Å². The topological polar surface area (TPSA) is 35.5 Å². The Morgan fingerprint density at radius 1 is 1.41 bits per heavy atom. The lowest BCUT2D eigenvalue weighted by Gasteiger charge is -2.39. The molecule has 0 saturated carbocycles. The van der Waals surface area contributed by atoms with Gasteiger partial charge in [0.15, 0.2) is 0 Å². The van der Waals surface area contributed by atoms with Gasteiger partial charge in [-0.15, -0.1) is 0 Å². The number of nitrogens with one attached hydrogen (secondary N) is 1. The van der Waals surface area contributed by atoms with Crippen molar-refractivity contribution >= 4 is 0 Å². The Balaban J connectivity index is 2.31. The molecule has 1 aliphatic rings. The average molecular weight is 242 g/mol. The smallest absolute Gasteiger partial charge is 0.0590 e. The van der Waals surface area contributed by atoms with E-state index in [1.54, 1.807) is 0 Å². The summed E-state index contributed by atoms with van der Waals surface area (Å²) in [5, 5.41) is 13.2. The maximum Gasteiger partial charge on any atom is 0.0590 e. The molecular formula is C14H30N2O. The summed E-state index contributed by atoms with van der Waals surface area (Å²) in [6, 6.07) is 0. The third-order valence-corrected chi connectivity index (χ3v) is 3.63. The maximum absolute atomic E-state index is 9.73. The highest BCUT2D eigenvalue weighted by atomic mass is 16.3. The number of nitrogens with zero attached hydrogens (tertiary/aromatic N) is 1. The predicted octanol–water partition coefficient (Wildman–Crippen LogP) is 1.71. The van der Waals surface area contributed by atoms with Crippen molar-refractivity contribution in [3.63, 3.8) is 0 Å². The SMILES string of the molecule is CCCNCC(C)(C)CN1CCC(O)C(C)C1. The summed E-state index contributed by atoms with van der Waals surface area (Å²) in [5.74, 6) is 0.420. The van der Waals surface area contributed by atoms with E-state index >= 15 is 0 Å². The van der Waals surface area contributed by atoms with Gasteiger partial charge in [-0.25, -0.2) is 0 Å². The van der Waals surface area contributed by atoms with Crippen LogP contribution in [-0.2, 0) is 0 Å². The van der Waals surface area contributed by atoms with Crippen molar-refractivity contribution in [3.05, 3.63) is 0 Å². The van der Waals surface area contributed by atoms with Crippen LogP contribution in [0, 0.1) is 11.3 Å². The molecule has 0 aliphatic carbocycles. The lowest BCUT2D eigenvalue weighted by Crippen LogP contribution is -2.47. The van der Waals surface area contributed by atoms with Gasteiger partial charge in [-0.05, 0) is 30.7 Å². The van der Waals surface area contributed by atoms with Gasteiger partial charge in [-0.2, -0.15) is 0 Å². The molecule has 102 valence electrons. The van der Waals surface area contributed by atoms with Crippen LogP contribution in [0.2, 0.25) is 0 Å².